The molecule has 1 aliphatic heterocycles. The number of nitrogens with one attached hydrogen (secondary N) is 1. The van der Waals surface area contributed by atoms with Crippen molar-refractivity contribution in [1.29, 1.82) is 0 Å². The van der Waals surface area contributed by atoms with E-state index in [1.165, 1.54) is 0 Å². The molecule has 1 aromatic carbocycles. The normalized spacial score (nSPS) is 15.2. The molecule has 3 heterocycles. The number of halogens is 3. The summed E-state index contributed by atoms with van der Waals surface area (Å²) in [5.74, 6) is -2.05. The van der Waals surface area contributed by atoms with E-state index in [0.717, 1.165) is 50.6 Å². The van der Waals surface area contributed by atoms with Gasteiger partial charge < -0.3 is 15.3 Å². The maximum absolute atomic E-state index is 13.4. The number of thiazole rings is 1. The summed E-state index contributed by atoms with van der Waals surface area (Å²) in [6.07, 6.45) is -2.89. The Labute approximate surface area is 203 Å². The van der Waals surface area contributed by atoms with Crippen LogP contribution in [0.2, 0.25) is 0 Å². The summed E-state index contributed by atoms with van der Waals surface area (Å²) >= 11 is 0.658. The Balaban J connectivity index is 1.52. The first kappa shape index (κ1) is 24.8. The van der Waals surface area contributed by atoms with Gasteiger partial charge in [-0.15, -0.1) is 0 Å². The van der Waals surface area contributed by atoms with Crippen LogP contribution in [0, 0.1) is 0 Å². The molecule has 1 amide bonds. The van der Waals surface area contributed by atoms with Crippen molar-refractivity contribution in [2.45, 2.75) is 12.7 Å². The summed E-state index contributed by atoms with van der Waals surface area (Å²) in [4.78, 5) is 36.4. The molecule has 2 aromatic heterocycles. The molecule has 35 heavy (non-hydrogen) atoms. The van der Waals surface area contributed by atoms with Crippen LogP contribution in [0.15, 0.2) is 42.7 Å². The Bertz CT molecular complexity index is 1220. The molecule has 0 atom stereocenters. The SMILES string of the molecule is CN1CCN(Cc2ccc(C(=O)Nc3sc(-c4ccncc4C(F)(F)F)nc3C(=O)O)cc2)CC1. The van der Waals surface area contributed by atoms with E-state index in [2.05, 4.69) is 32.1 Å². The lowest BCUT2D eigenvalue weighted by molar-refractivity contribution is -0.137. The van der Waals surface area contributed by atoms with E-state index >= 15 is 0 Å². The lowest BCUT2D eigenvalue weighted by Crippen LogP contribution is -2.43. The number of carboxylic acids is 1. The Morgan fingerprint density at radius 1 is 1.11 bits per heavy atom. The van der Waals surface area contributed by atoms with Gasteiger partial charge in [0, 0.05) is 56.2 Å². The van der Waals surface area contributed by atoms with Gasteiger partial charge >= 0.3 is 12.1 Å². The monoisotopic (exact) mass is 505 g/mol. The van der Waals surface area contributed by atoms with E-state index in [1.54, 1.807) is 12.1 Å². The third-order valence-electron chi connectivity index (χ3n) is 5.63. The highest BCUT2D eigenvalue weighted by Crippen LogP contribution is 2.40. The highest BCUT2D eigenvalue weighted by molar-refractivity contribution is 7.19. The van der Waals surface area contributed by atoms with Crippen LogP contribution < -0.4 is 5.32 Å². The maximum Gasteiger partial charge on any atom is 0.418 e. The number of aromatic nitrogens is 2. The van der Waals surface area contributed by atoms with E-state index in [4.69, 9.17) is 0 Å². The molecule has 0 radical (unpaired) electrons. The zero-order valence-corrected chi connectivity index (χ0v) is 19.5. The fourth-order valence-electron chi connectivity index (χ4n) is 3.67. The van der Waals surface area contributed by atoms with Crippen molar-refractivity contribution in [1.82, 2.24) is 19.8 Å². The first-order valence-electron chi connectivity index (χ1n) is 10.7. The number of carboxylic acid groups (broad SMARTS) is 1. The minimum atomic E-state index is -4.70. The number of pyridine rings is 1. The average molecular weight is 506 g/mol. The van der Waals surface area contributed by atoms with Crippen molar-refractivity contribution in [3.8, 4) is 10.6 Å². The number of alkyl halides is 3. The Morgan fingerprint density at radius 3 is 2.43 bits per heavy atom. The lowest BCUT2D eigenvalue weighted by atomic mass is 10.1. The minimum Gasteiger partial charge on any atom is -0.476 e. The molecular formula is C23H22F3N5O3S. The molecule has 0 bridgehead atoms. The predicted molar refractivity (Wildman–Crippen MR) is 124 cm³/mol. The van der Waals surface area contributed by atoms with Gasteiger partial charge in [0.1, 0.15) is 10.0 Å². The summed E-state index contributed by atoms with van der Waals surface area (Å²) in [5, 5.41) is 11.6. The molecule has 8 nitrogen and oxygen atoms in total. The third-order valence-corrected chi connectivity index (χ3v) is 6.64. The second kappa shape index (κ2) is 10.1. The lowest BCUT2D eigenvalue weighted by Gasteiger charge is -2.32. The molecule has 1 fully saturated rings. The fourth-order valence-corrected chi connectivity index (χ4v) is 4.66. The van der Waals surface area contributed by atoms with Crippen LogP contribution in [0.25, 0.3) is 10.6 Å². The summed E-state index contributed by atoms with van der Waals surface area (Å²) < 4.78 is 40.1. The molecule has 3 aromatic rings. The molecule has 12 heteroatoms. The molecule has 2 N–H and O–H groups in total. The number of aromatic carboxylic acids is 1. The van der Waals surface area contributed by atoms with E-state index in [1.807, 2.05) is 12.1 Å². The minimum absolute atomic E-state index is 0.149. The van der Waals surface area contributed by atoms with Crippen molar-refractivity contribution in [2.75, 3.05) is 38.5 Å². The van der Waals surface area contributed by atoms with Gasteiger partial charge in [-0.2, -0.15) is 13.2 Å². The summed E-state index contributed by atoms with van der Waals surface area (Å²) in [6, 6.07) is 8.03. The average Bonchev–Trinajstić information content (AvgIpc) is 3.24. The van der Waals surface area contributed by atoms with Crippen molar-refractivity contribution in [3.05, 3.63) is 65.1 Å². The van der Waals surface area contributed by atoms with Crippen molar-refractivity contribution in [3.63, 3.8) is 0 Å². The number of amides is 1. The van der Waals surface area contributed by atoms with Gasteiger partial charge in [0.15, 0.2) is 5.69 Å². The van der Waals surface area contributed by atoms with Crippen LogP contribution in [0.4, 0.5) is 18.2 Å². The first-order valence-corrected chi connectivity index (χ1v) is 11.5. The van der Waals surface area contributed by atoms with Crippen LogP contribution in [-0.2, 0) is 12.7 Å². The fraction of sp³-hybridized carbons (Fsp3) is 0.304. The zero-order valence-electron chi connectivity index (χ0n) is 18.7. The summed E-state index contributed by atoms with van der Waals surface area (Å²) in [6.45, 7) is 4.65. The molecular weight excluding hydrogens is 483 g/mol. The molecule has 4 rings (SSSR count). The van der Waals surface area contributed by atoms with Gasteiger partial charge in [-0.25, -0.2) is 9.78 Å². The number of piperazine rings is 1. The van der Waals surface area contributed by atoms with Crippen molar-refractivity contribution in [2.24, 2.45) is 0 Å². The highest BCUT2D eigenvalue weighted by atomic mass is 32.1. The Morgan fingerprint density at radius 2 is 1.80 bits per heavy atom. The number of carbonyl (C=O) groups excluding carboxylic acids is 1. The second-order valence-electron chi connectivity index (χ2n) is 8.15. The van der Waals surface area contributed by atoms with E-state index in [9.17, 15) is 27.9 Å². The maximum atomic E-state index is 13.4. The largest absolute Gasteiger partial charge is 0.476 e. The number of hydrogen-bond donors (Lipinski definition) is 2. The molecule has 184 valence electrons. The van der Waals surface area contributed by atoms with Crippen LogP contribution in [0.3, 0.4) is 0 Å². The van der Waals surface area contributed by atoms with Crippen molar-refractivity contribution < 1.29 is 27.9 Å². The van der Waals surface area contributed by atoms with E-state index in [0.29, 0.717) is 23.1 Å². The number of likely N-dealkylation sites (N-methyl/N-ethyl adjacent to an activating group) is 1. The van der Waals surface area contributed by atoms with Crippen molar-refractivity contribution >= 4 is 28.2 Å². The molecule has 0 aliphatic carbocycles. The first-order chi connectivity index (χ1) is 16.6. The molecule has 0 unspecified atom stereocenters. The molecule has 0 spiro atoms. The summed E-state index contributed by atoms with van der Waals surface area (Å²) in [7, 11) is 2.08. The third kappa shape index (κ3) is 5.84. The Hall–Kier alpha value is -3.35. The van der Waals surface area contributed by atoms with Gasteiger partial charge in [0.25, 0.3) is 5.91 Å². The van der Waals surface area contributed by atoms with Crippen LogP contribution in [-0.4, -0.2) is 70.0 Å². The van der Waals surface area contributed by atoms with Gasteiger partial charge in [0.2, 0.25) is 0 Å². The van der Waals surface area contributed by atoms with Gasteiger partial charge in [0.05, 0.1) is 5.56 Å². The number of carbonyl (C=O) groups is 2. The second-order valence-corrected chi connectivity index (χ2v) is 9.15. The summed E-state index contributed by atoms with van der Waals surface area (Å²) in [5.41, 5.74) is -0.559. The highest BCUT2D eigenvalue weighted by Gasteiger charge is 2.35. The van der Waals surface area contributed by atoms with Gasteiger partial charge in [-0.3, -0.25) is 14.7 Å². The smallest absolute Gasteiger partial charge is 0.418 e. The number of rotatable bonds is 6. The van der Waals surface area contributed by atoms with Crippen LogP contribution in [0.1, 0.15) is 32.0 Å². The predicted octanol–water partition coefficient (Wildman–Crippen LogP) is 3.92. The topological polar surface area (TPSA) is 98.7 Å². The molecule has 1 saturated heterocycles. The van der Waals surface area contributed by atoms with Crippen LogP contribution >= 0.6 is 11.3 Å². The van der Waals surface area contributed by atoms with Gasteiger partial charge in [-0.1, -0.05) is 23.5 Å². The number of nitrogens with zero attached hydrogens (tertiary/aromatic N) is 4. The van der Waals surface area contributed by atoms with Gasteiger partial charge in [-0.05, 0) is 30.8 Å². The molecule has 1 aliphatic rings. The quantitative estimate of drug-likeness (QED) is 0.524. The molecule has 0 saturated carbocycles. The number of anilines is 1. The Kier molecular flexibility index (Phi) is 7.15. The number of hydrogen-bond acceptors (Lipinski definition) is 7. The standard InChI is InChI=1S/C23H22F3N5O3S/c1-30-8-10-31(11-9-30)13-14-2-4-15(5-3-14)19(32)29-21-18(22(33)34)28-20(35-21)16-6-7-27-12-17(16)23(24,25)26/h2-7,12H,8-11,13H2,1H3,(H,29,32)(H,33,34). The zero-order chi connectivity index (χ0) is 25.2. The van der Waals surface area contributed by atoms with E-state index < -0.39 is 29.3 Å². The van der Waals surface area contributed by atoms with E-state index in [-0.39, 0.29) is 15.6 Å². The van der Waals surface area contributed by atoms with Crippen LogP contribution in [0.5, 0.6) is 0 Å². The number of benzene rings is 1.